The monoisotopic (exact) mass is 278 g/mol. The van der Waals surface area contributed by atoms with Crippen molar-refractivity contribution in [3.63, 3.8) is 0 Å². The molecule has 2 N–H and O–H groups in total. The number of halogens is 2. The van der Waals surface area contributed by atoms with Gasteiger partial charge in [-0.25, -0.2) is 0 Å². The van der Waals surface area contributed by atoms with Crippen LogP contribution in [0.25, 0.3) is 0 Å². The highest BCUT2D eigenvalue weighted by atomic mass is 35.5. The molecule has 0 amide bonds. The van der Waals surface area contributed by atoms with Crippen molar-refractivity contribution in [3.8, 4) is 0 Å². The molecule has 6 heteroatoms. The Kier molecular flexibility index (Phi) is 6.19. The minimum Gasteiger partial charge on any atom is -0.324 e. The first-order valence-electron chi connectivity index (χ1n) is 5.25. The van der Waals surface area contributed by atoms with Gasteiger partial charge in [0.05, 0.1) is 30.3 Å². The van der Waals surface area contributed by atoms with Crippen molar-refractivity contribution in [3.05, 3.63) is 35.9 Å². The summed E-state index contributed by atoms with van der Waals surface area (Å²) < 4.78 is 8.72. The van der Waals surface area contributed by atoms with Crippen LogP contribution in [0.1, 0.15) is 18.9 Å². The molecule has 0 radical (unpaired) electrons. The molecular weight excluding hydrogens is 263 g/mol. The minimum absolute atomic E-state index is 0.271. The summed E-state index contributed by atoms with van der Waals surface area (Å²) in [7, 11) is 0. The number of aryl methyl sites for hydroxylation is 1. The molecule has 1 aromatic rings. The molecule has 0 aromatic heterocycles. The normalized spacial score (nSPS) is 14.9. The van der Waals surface area contributed by atoms with E-state index in [0.717, 1.165) is 18.1 Å². The second-order valence-electron chi connectivity index (χ2n) is 4.27. The Bertz CT molecular complexity index is 319. The van der Waals surface area contributed by atoms with Gasteiger partial charge >= 0.3 is 0 Å². The van der Waals surface area contributed by atoms with Gasteiger partial charge in [0.25, 0.3) is 0 Å². The predicted molar refractivity (Wildman–Crippen MR) is 67.9 cm³/mol. The van der Waals surface area contributed by atoms with Crippen LogP contribution in [0.2, 0.25) is 0 Å². The SMILES string of the molecule is CC(N)(CCc1ccccc1)CN(OCl)OCl. The summed E-state index contributed by atoms with van der Waals surface area (Å²) in [6.45, 7) is 2.15. The maximum Gasteiger partial charge on any atom is 0.0868 e. The minimum atomic E-state index is -0.514. The molecule has 0 fully saturated rings. The quantitative estimate of drug-likeness (QED) is 0.780. The Labute approximate surface area is 111 Å². The lowest BCUT2D eigenvalue weighted by atomic mass is 9.94. The van der Waals surface area contributed by atoms with Crippen LogP contribution >= 0.6 is 23.7 Å². The zero-order valence-corrected chi connectivity index (χ0v) is 11.1. The van der Waals surface area contributed by atoms with Crippen LogP contribution in [0, 0.1) is 0 Å². The second kappa shape index (κ2) is 7.16. The average Bonchev–Trinajstić information content (AvgIpc) is 2.35. The zero-order valence-electron chi connectivity index (χ0n) is 9.61. The molecule has 1 rings (SSSR count). The third-order valence-corrected chi connectivity index (χ3v) is 2.78. The van der Waals surface area contributed by atoms with Crippen LogP contribution in [0.15, 0.2) is 30.3 Å². The summed E-state index contributed by atoms with van der Waals surface area (Å²) in [6, 6.07) is 10.1. The van der Waals surface area contributed by atoms with Crippen molar-refractivity contribution < 1.29 is 8.78 Å². The van der Waals surface area contributed by atoms with Crippen LogP contribution in [-0.2, 0) is 15.2 Å². The summed E-state index contributed by atoms with van der Waals surface area (Å²) in [5.74, 6) is 0. The third-order valence-electron chi connectivity index (χ3n) is 2.47. The van der Waals surface area contributed by atoms with E-state index in [1.165, 1.54) is 5.56 Å². The van der Waals surface area contributed by atoms with Crippen molar-refractivity contribution in [1.29, 1.82) is 0 Å². The fourth-order valence-electron chi connectivity index (χ4n) is 1.51. The number of hydrogen-bond donors (Lipinski definition) is 1. The van der Waals surface area contributed by atoms with Crippen molar-refractivity contribution >= 4 is 23.7 Å². The molecule has 1 unspecified atom stereocenters. The van der Waals surface area contributed by atoms with Crippen molar-refractivity contribution in [2.45, 2.75) is 25.3 Å². The molecule has 17 heavy (non-hydrogen) atoms. The molecule has 0 saturated carbocycles. The fraction of sp³-hybridized carbons (Fsp3) is 0.455. The van der Waals surface area contributed by atoms with Gasteiger partial charge in [-0.3, -0.25) is 0 Å². The lowest BCUT2D eigenvalue weighted by molar-refractivity contribution is -0.259. The van der Waals surface area contributed by atoms with Gasteiger partial charge in [0.1, 0.15) is 0 Å². The molecule has 0 aliphatic rings. The van der Waals surface area contributed by atoms with E-state index in [2.05, 4.69) is 20.9 Å². The van der Waals surface area contributed by atoms with E-state index in [-0.39, 0.29) is 6.54 Å². The van der Waals surface area contributed by atoms with Crippen LogP contribution < -0.4 is 5.73 Å². The number of hydroxylamine groups is 2. The Hall–Kier alpha value is -0.360. The standard InChI is InChI=1S/C11H16Cl2N2O2/c1-11(14,9-15(16-12)17-13)8-7-10-5-3-2-4-6-10/h2-6H,7-9,14H2,1H3. The van der Waals surface area contributed by atoms with E-state index in [1.807, 2.05) is 25.1 Å². The average molecular weight is 279 g/mol. The summed E-state index contributed by atoms with van der Waals surface area (Å²) in [4.78, 5) is 0. The van der Waals surface area contributed by atoms with Crippen LogP contribution in [-0.4, -0.2) is 17.3 Å². The van der Waals surface area contributed by atoms with Crippen LogP contribution in [0.4, 0.5) is 0 Å². The number of nitrogens with two attached hydrogens (primary N) is 1. The van der Waals surface area contributed by atoms with E-state index < -0.39 is 5.54 Å². The Balaban J connectivity index is 2.44. The lowest BCUT2D eigenvalue weighted by Gasteiger charge is -2.27. The van der Waals surface area contributed by atoms with Gasteiger partial charge in [0, 0.05) is 5.54 Å². The first kappa shape index (κ1) is 14.7. The van der Waals surface area contributed by atoms with E-state index >= 15 is 0 Å². The summed E-state index contributed by atoms with van der Waals surface area (Å²) in [5, 5.41) is 0.925. The van der Waals surface area contributed by atoms with Gasteiger partial charge in [-0.05, 0) is 30.6 Å². The van der Waals surface area contributed by atoms with E-state index in [1.54, 1.807) is 0 Å². The van der Waals surface area contributed by atoms with Crippen LogP contribution in [0.5, 0.6) is 0 Å². The fourth-order valence-corrected chi connectivity index (χ4v) is 1.69. The molecule has 96 valence electrons. The van der Waals surface area contributed by atoms with E-state index in [0.29, 0.717) is 0 Å². The van der Waals surface area contributed by atoms with Gasteiger partial charge in [0.2, 0.25) is 0 Å². The van der Waals surface area contributed by atoms with Gasteiger partial charge in [-0.1, -0.05) is 30.3 Å². The van der Waals surface area contributed by atoms with Gasteiger partial charge < -0.3 is 5.73 Å². The molecule has 0 aliphatic carbocycles. The molecule has 4 nitrogen and oxygen atoms in total. The summed E-state index contributed by atoms with van der Waals surface area (Å²) in [6.07, 6.45) is 1.63. The molecule has 1 atom stereocenters. The van der Waals surface area contributed by atoms with Crippen molar-refractivity contribution in [2.24, 2.45) is 5.73 Å². The maximum absolute atomic E-state index is 6.10. The number of hydrogen-bond acceptors (Lipinski definition) is 4. The number of benzene rings is 1. The molecule has 0 bridgehead atoms. The molecular formula is C11H16Cl2N2O2. The highest BCUT2D eigenvalue weighted by Gasteiger charge is 2.23. The van der Waals surface area contributed by atoms with E-state index in [9.17, 15) is 0 Å². The maximum atomic E-state index is 6.10. The second-order valence-corrected chi connectivity index (χ2v) is 4.54. The van der Waals surface area contributed by atoms with Gasteiger partial charge in [-0.2, -0.15) is 8.78 Å². The van der Waals surface area contributed by atoms with Crippen molar-refractivity contribution in [2.75, 3.05) is 6.54 Å². The highest BCUT2D eigenvalue weighted by molar-refractivity contribution is 6.08. The lowest BCUT2D eigenvalue weighted by Crippen LogP contribution is -2.46. The molecule has 0 heterocycles. The molecule has 0 saturated heterocycles. The first-order chi connectivity index (χ1) is 8.07. The Morgan fingerprint density at radius 2 is 1.82 bits per heavy atom. The highest BCUT2D eigenvalue weighted by Crippen LogP contribution is 2.15. The first-order valence-corrected chi connectivity index (χ1v) is 5.87. The molecule has 1 aromatic carbocycles. The smallest absolute Gasteiger partial charge is 0.0868 e. The summed E-state index contributed by atoms with van der Waals surface area (Å²) >= 11 is 10.3. The Morgan fingerprint density at radius 3 is 2.35 bits per heavy atom. The van der Waals surface area contributed by atoms with Gasteiger partial charge in [-0.15, -0.1) is 0 Å². The third kappa shape index (κ3) is 5.68. The molecule has 0 aliphatic heterocycles. The number of rotatable bonds is 7. The summed E-state index contributed by atoms with van der Waals surface area (Å²) in [5.41, 5.74) is 6.81. The topological polar surface area (TPSA) is 47.7 Å². The van der Waals surface area contributed by atoms with E-state index in [4.69, 9.17) is 29.5 Å². The predicted octanol–water partition coefficient (Wildman–Crippen LogP) is 2.81. The van der Waals surface area contributed by atoms with Gasteiger partial charge in [0.15, 0.2) is 0 Å². The van der Waals surface area contributed by atoms with Crippen LogP contribution in [0.3, 0.4) is 0 Å². The molecule has 0 spiro atoms. The number of nitrogens with zero attached hydrogens (tertiary/aromatic N) is 1. The largest absolute Gasteiger partial charge is 0.324 e. The van der Waals surface area contributed by atoms with Crippen molar-refractivity contribution in [1.82, 2.24) is 5.23 Å². The Morgan fingerprint density at radius 1 is 1.24 bits per heavy atom. The zero-order chi connectivity index (χ0) is 12.7.